The minimum Gasteiger partial charge on any atom is -0.497 e. The summed E-state index contributed by atoms with van der Waals surface area (Å²) in [4.78, 5) is 14.3. The molecule has 1 heterocycles. The minimum atomic E-state index is -0.126. The van der Waals surface area contributed by atoms with E-state index in [2.05, 4.69) is 4.98 Å². The van der Waals surface area contributed by atoms with Crippen LogP contribution in [0.1, 0.15) is 5.56 Å². The van der Waals surface area contributed by atoms with E-state index in [0.29, 0.717) is 12.4 Å². The third-order valence-electron chi connectivity index (χ3n) is 3.53. The maximum Gasteiger partial charge on any atom is 0.248 e. The van der Waals surface area contributed by atoms with Gasteiger partial charge in [-0.2, -0.15) is 0 Å². The Bertz CT molecular complexity index is 822. The van der Waals surface area contributed by atoms with E-state index in [1.165, 1.54) is 11.6 Å². The molecule has 3 rings (SSSR count). The first-order valence-corrected chi connectivity index (χ1v) is 7.14. The van der Waals surface area contributed by atoms with Gasteiger partial charge in [-0.05, 0) is 29.8 Å². The topological polar surface area (TPSA) is 51.3 Å². The lowest BCUT2D eigenvalue weighted by molar-refractivity contribution is 0.325. The fraction of sp³-hybridized carbons (Fsp3) is 0.167. The number of H-pyrrole nitrogens is 1. The van der Waals surface area contributed by atoms with E-state index in [1.54, 1.807) is 13.2 Å². The molecular formula is C18H17NO3. The third kappa shape index (κ3) is 3.11. The first-order chi connectivity index (χ1) is 10.8. The first kappa shape index (κ1) is 14.2. The highest BCUT2D eigenvalue weighted by Crippen LogP contribution is 2.22. The summed E-state index contributed by atoms with van der Waals surface area (Å²) in [7, 11) is 1.65. The summed E-state index contributed by atoms with van der Waals surface area (Å²) in [6, 6.07) is 17.0. The lowest BCUT2D eigenvalue weighted by Gasteiger charge is -2.09. The van der Waals surface area contributed by atoms with Crippen molar-refractivity contribution in [3.63, 3.8) is 0 Å². The Morgan fingerprint density at radius 3 is 2.59 bits per heavy atom. The minimum absolute atomic E-state index is 0.126. The quantitative estimate of drug-likeness (QED) is 0.786. The van der Waals surface area contributed by atoms with Gasteiger partial charge in [-0.3, -0.25) is 4.79 Å². The second-order valence-electron chi connectivity index (χ2n) is 4.99. The number of ether oxygens (including phenoxy) is 2. The summed E-state index contributed by atoms with van der Waals surface area (Å²) in [6.45, 7) is 0.544. The van der Waals surface area contributed by atoms with Crippen molar-refractivity contribution in [3.8, 4) is 11.5 Å². The Labute approximate surface area is 128 Å². The van der Waals surface area contributed by atoms with E-state index in [0.717, 1.165) is 23.1 Å². The van der Waals surface area contributed by atoms with Crippen LogP contribution in [0, 0.1) is 0 Å². The van der Waals surface area contributed by atoms with Crippen molar-refractivity contribution in [2.24, 2.45) is 0 Å². The largest absolute Gasteiger partial charge is 0.497 e. The maximum atomic E-state index is 11.5. The highest BCUT2D eigenvalue weighted by molar-refractivity contribution is 5.84. The number of pyridine rings is 1. The average molecular weight is 295 g/mol. The van der Waals surface area contributed by atoms with E-state index < -0.39 is 0 Å². The Kier molecular flexibility index (Phi) is 4.10. The summed E-state index contributed by atoms with van der Waals surface area (Å²) in [5, 5.41) is 0.960. The van der Waals surface area contributed by atoms with Gasteiger partial charge in [0.2, 0.25) is 5.56 Å². The van der Waals surface area contributed by atoms with E-state index in [9.17, 15) is 4.79 Å². The van der Waals surface area contributed by atoms with Crippen LogP contribution in [0.25, 0.3) is 10.9 Å². The molecule has 112 valence electrons. The number of nitrogens with one attached hydrogen (secondary N) is 1. The molecule has 2 aromatic carbocycles. The van der Waals surface area contributed by atoms with Crippen LogP contribution in [0.15, 0.2) is 59.4 Å². The molecular weight excluding hydrogens is 278 g/mol. The molecule has 0 aliphatic rings. The van der Waals surface area contributed by atoms with Crippen LogP contribution >= 0.6 is 0 Å². The maximum absolute atomic E-state index is 11.5. The van der Waals surface area contributed by atoms with Gasteiger partial charge >= 0.3 is 0 Å². The zero-order valence-electron chi connectivity index (χ0n) is 12.3. The fourth-order valence-electron chi connectivity index (χ4n) is 2.34. The Hall–Kier alpha value is -2.75. The summed E-state index contributed by atoms with van der Waals surface area (Å²) in [6.07, 6.45) is 0.789. The third-order valence-corrected chi connectivity index (χ3v) is 3.53. The summed E-state index contributed by atoms with van der Waals surface area (Å²) in [5.41, 5.74) is 1.79. The molecule has 0 radical (unpaired) electrons. The smallest absolute Gasteiger partial charge is 0.248 e. The second-order valence-corrected chi connectivity index (χ2v) is 4.99. The van der Waals surface area contributed by atoms with Crippen LogP contribution in [0.5, 0.6) is 11.5 Å². The molecule has 0 saturated heterocycles. The lowest BCUT2D eigenvalue weighted by atomic mass is 10.1. The number of hydrogen-bond donors (Lipinski definition) is 1. The molecule has 3 aromatic rings. The molecule has 0 aliphatic carbocycles. The van der Waals surface area contributed by atoms with E-state index in [4.69, 9.17) is 9.47 Å². The molecule has 1 aromatic heterocycles. The van der Waals surface area contributed by atoms with Gasteiger partial charge in [0.1, 0.15) is 11.5 Å². The standard InChI is InChI=1S/C18H17NO3/c1-21-15-8-5-13(6-9-15)11-12-22-16-4-2-3-14-7-10-17(20)19-18(14)16/h2-10H,11-12H2,1H3,(H,19,20). The molecule has 0 unspecified atom stereocenters. The lowest BCUT2D eigenvalue weighted by Crippen LogP contribution is -2.06. The van der Waals surface area contributed by atoms with Crippen LogP contribution in [-0.4, -0.2) is 18.7 Å². The normalized spacial score (nSPS) is 10.6. The number of benzene rings is 2. The fourth-order valence-corrected chi connectivity index (χ4v) is 2.34. The van der Waals surface area contributed by atoms with Gasteiger partial charge in [-0.25, -0.2) is 0 Å². The van der Waals surface area contributed by atoms with Crippen LogP contribution in [0.4, 0.5) is 0 Å². The highest BCUT2D eigenvalue weighted by Gasteiger charge is 2.03. The molecule has 0 fully saturated rings. The molecule has 0 spiro atoms. The van der Waals surface area contributed by atoms with Crippen LogP contribution in [0.2, 0.25) is 0 Å². The summed E-state index contributed by atoms with van der Waals surface area (Å²) in [5.74, 6) is 1.54. The van der Waals surface area contributed by atoms with Gasteiger partial charge in [-0.15, -0.1) is 0 Å². The molecule has 0 aliphatic heterocycles. The van der Waals surface area contributed by atoms with Crippen LogP contribution in [0.3, 0.4) is 0 Å². The van der Waals surface area contributed by atoms with E-state index in [1.807, 2.05) is 42.5 Å². The molecule has 0 bridgehead atoms. The zero-order valence-corrected chi connectivity index (χ0v) is 12.3. The number of rotatable bonds is 5. The number of methoxy groups -OCH3 is 1. The van der Waals surface area contributed by atoms with Crippen molar-refractivity contribution in [2.45, 2.75) is 6.42 Å². The van der Waals surface area contributed by atoms with Crippen molar-refractivity contribution in [3.05, 3.63) is 70.5 Å². The molecule has 4 nitrogen and oxygen atoms in total. The predicted octanol–water partition coefficient (Wildman–Crippen LogP) is 3.16. The second kappa shape index (κ2) is 6.35. The van der Waals surface area contributed by atoms with Gasteiger partial charge in [-0.1, -0.05) is 24.3 Å². The Morgan fingerprint density at radius 2 is 1.82 bits per heavy atom. The Morgan fingerprint density at radius 1 is 1.00 bits per heavy atom. The molecule has 0 amide bonds. The molecule has 22 heavy (non-hydrogen) atoms. The van der Waals surface area contributed by atoms with Crippen molar-refractivity contribution in [1.29, 1.82) is 0 Å². The zero-order chi connectivity index (χ0) is 15.4. The first-order valence-electron chi connectivity index (χ1n) is 7.14. The van der Waals surface area contributed by atoms with Crippen molar-refractivity contribution in [2.75, 3.05) is 13.7 Å². The molecule has 4 heteroatoms. The molecule has 1 N–H and O–H groups in total. The number of aromatic amines is 1. The number of hydrogen-bond acceptors (Lipinski definition) is 3. The SMILES string of the molecule is COc1ccc(CCOc2cccc3ccc(=O)[nH]c23)cc1. The van der Waals surface area contributed by atoms with Crippen molar-refractivity contribution in [1.82, 2.24) is 4.98 Å². The van der Waals surface area contributed by atoms with E-state index >= 15 is 0 Å². The Balaban J connectivity index is 1.71. The van der Waals surface area contributed by atoms with Gasteiger partial charge in [0.05, 0.1) is 19.2 Å². The summed E-state index contributed by atoms with van der Waals surface area (Å²) >= 11 is 0. The molecule has 0 atom stereocenters. The van der Waals surface area contributed by atoms with Crippen molar-refractivity contribution < 1.29 is 9.47 Å². The van der Waals surface area contributed by atoms with Gasteiger partial charge < -0.3 is 14.5 Å². The number of para-hydroxylation sites is 1. The van der Waals surface area contributed by atoms with Gasteiger partial charge in [0.15, 0.2) is 0 Å². The van der Waals surface area contributed by atoms with E-state index in [-0.39, 0.29) is 5.56 Å². The predicted molar refractivity (Wildman–Crippen MR) is 86.8 cm³/mol. The van der Waals surface area contributed by atoms with Gasteiger partial charge in [0, 0.05) is 17.9 Å². The van der Waals surface area contributed by atoms with Crippen LogP contribution in [-0.2, 0) is 6.42 Å². The van der Waals surface area contributed by atoms with Crippen LogP contribution < -0.4 is 15.0 Å². The highest BCUT2D eigenvalue weighted by atomic mass is 16.5. The number of fused-ring (bicyclic) bond motifs is 1. The molecule has 0 saturated carbocycles. The summed E-state index contributed by atoms with van der Waals surface area (Å²) < 4.78 is 11.0. The number of aromatic nitrogens is 1. The monoisotopic (exact) mass is 295 g/mol. The van der Waals surface area contributed by atoms with Gasteiger partial charge in [0.25, 0.3) is 0 Å². The van der Waals surface area contributed by atoms with Crippen molar-refractivity contribution >= 4 is 10.9 Å². The average Bonchev–Trinajstić information content (AvgIpc) is 2.56.